The van der Waals surface area contributed by atoms with E-state index in [4.69, 9.17) is 13.9 Å². The smallest absolute Gasteiger partial charge is 0.260 e. The molecule has 3 heterocycles. The molecule has 0 bridgehead atoms. The van der Waals surface area contributed by atoms with E-state index in [0.29, 0.717) is 0 Å². The lowest BCUT2D eigenvalue weighted by Gasteiger charge is -2.35. The Morgan fingerprint density at radius 2 is 1.11 bits per heavy atom. The fourth-order valence-electron chi connectivity index (χ4n) is 8.39. The van der Waals surface area contributed by atoms with E-state index in [-0.39, 0.29) is 6.71 Å². The van der Waals surface area contributed by atoms with Crippen LogP contribution in [0.1, 0.15) is 17.7 Å². The molecular formula is C48H32BNO3. The first kappa shape index (κ1) is 30.0. The Labute approximate surface area is 308 Å². The minimum atomic E-state index is -0.0617. The second-order valence-electron chi connectivity index (χ2n) is 13.9. The number of para-hydroxylation sites is 2. The Morgan fingerprint density at radius 1 is 0.509 bits per heavy atom. The molecular weight excluding hydrogens is 649 g/mol. The minimum Gasteiger partial charge on any atom is -0.458 e. The zero-order chi connectivity index (χ0) is 34.9. The summed E-state index contributed by atoms with van der Waals surface area (Å²) in [6.45, 7) is -0.0617. The molecule has 11 rings (SSSR count). The highest BCUT2D eigenvalue weighted by Crippen LogP contribution is 2.46. The van der Waals surface area contributed by atoms with Crippen LogP contribution in [0.3, 0.4) is 0 Å². The predicted octanol–water partition coefficient (Wildman–Crippen LogP) is 10.9. The van der Waals surface area contributed by atoms with Crippen molar-refractivity contribution in [3.05, 3.63) is 175 Å². The van der Waals surface area contributed by atoms with Gasteiger partial charge in [-0.3, -0.25) is 0 Å². The molecule has 0 saturated carbocycles. The molecule has 8 aromatic rings. The predicted molar refractivity (Wildman–Crippen MR) is 217 cm³/mol. The van der Waals surface area contributed by atoms with Crippen LogP contribution in [0, 0.1) is 0 Å². The van der Waals surface area contributed by atoms with E-state index in [9.17, 15) is 0 Å². The van der Waals surface area contributed by atoms with Crippen LogP contribution in [0.25, 0.3) is 39.3 Å². The van der Waals surface area contributed by atoms with E-state index in [0.717, 1.165) is 108 Å². The number of hydrogen-bond donors (Lipinski definition) is 0. The fourth-order valence-corrected chi connectivity index (χ4v) is 8.39. The first-order valence-electron chi connectivity index (χ1n) is 18.3. The van der Waals surface area contributed by atoms with Gasteiger partial charge >= 0.3 is 0 Å². The molecule has 5 heteroatoms. The second kappa shape index (κ2) is 11.9. The number of hydrogen-bond acceptors (Lipinski definition) is 4. The molecule has 0 saturated heterocycles. The van der Waals surface area contributed by atoms with Crippen molar-refractivity contribution in [1.29, 1.82) is 0 Å². The lowest BCUT2D eigenvalue weighted by Crippen LogP contribution is -2.57. The SMILES string of the molecule is C1=Cc2oc3c(N(c4ccccc4)c4cc5c6c(c4)Oc4cc(-c7ccccc7)ccc4B6c4ccc(-c6ccccc6)cc4O5)cccc3c2CC1. The molecule has 0 spiro atoms. The molecule has 1 aromatic heterocycles. The average Bonchev–Trinajstić information content (AvgIpc) is 3.61. The number of allylic oxidation sites excluding steroid dienone is 1. The van der Waals surface area contributed by atoms with Crippen LogP contribution in [-0.4, -0.2) is 6.71 Å². The van der Waals surface area contributed by atoms with Gasteiger partial charge in [0.2, 0.25) is 0 Å². The normalized spacial score (nSPS) is 13.3. The molecule has 0 atom stereocenters. The summed E-state index contributed by atoms with van der Waals surface area (Å²) in [6.07, 6.45) is 6.29. The number of furan rings is 1. The standard InChI is InChI=1S/C48H32BNO3/c1-4-13-31(14-5-1)33-23-25-39-43(27-33)51-45-29-36(30-46-47(45)49(39)40-26-24-34(28-44(40)52-46)32-15-6-2-7-16-32)50(35-17-8-3-9-18-35)41-21-12-20-38-37-19-10-11-22-42(37)53-48(38)41/h1-9,11-18,20-30H,10,19H2. The minimum absolute atomic E-state index is 0.0617. The molecule has 7 aromatic carbocycles. The van der Waals surface area contributed by atoms with Gasteiger partial charge in [0.15, 0.2) is 5.58 Å². The van der Waals surface area contributed by atoms with Crippen molar-refractivity contribution in [3.63, 3.8) is 0 Å². The van der Waals surface area contributed by atoms with Crippen molar-refractivity contribution >= 4 is 57.2 Å². The Bertz CT molecular complexity index is 2620. The van der Waals surface area contributed by atoms with Gasteiger partial charge in [-0.25, -0.2) is 0 Å². The van der Waals surface area contributed by atoms with Crippen molar-refractivity contribution in [2.75, 3.05) is 4.90 Å². The molecule has 0 radical (unpaired) electrons. The third-order valence-electron chi connectivity index (χ3n) is 10.9. The highest BCUT2D eigenvalue weighted by molar-refractivity contribution is 6.98. The van der Waals surface area contributed by atoms with Crippen molar-refractivity contribution in [2.24, 2.45) is 0 Å². The lowest BCUT2D eigenvalue weighted by atomic mass is 9.34. The van der Waals surface area contributed by atoms with Gasteiger partial charge in [0.25, 0.3) is 6.71 Å². The van der Waals surface area contributed by atoms with Gasteiger partial charge in [-0.15, -0.1) is 0 Å². The number of fused-ring (bicyclic) bond motifs is 7. The van der Waals surface area contributed by atoms with Gasteiger partial charge in [0.05, 0.1) is 11.4 Å². The molecule has 1 aliphatic carbocycles. The van der Waals surface area contributed by atoms with Crippen LogP contribution >= 0.6 is 0 Å². The summed E-state index contributed by atoms with van der Waals surface area (Å²) in [4.78, 5) is 2.27. The van der Waals surface area contributed by atoms with Crippen LogP contribution in [0.5, 0.6) is 23.0 Å². The molecule has 2 aliphatic heterocycles. The number of nitrogens with zero attached hydrogens (tertiary/aromatic N) is 1. The Morgan fingerprint density at radius 3 is 1.74 bits per heavy atom. The summed E-state index contributed by atoms with van der Waals surface area (Å²) < 4.78 is 20.6. The molecule has 0 unspecified atom stereocenters. The van der Waals surface area contributed by atoms with Gasteiger partial charge in [-0.1, -0.05) is 121 Å². The second-order valence-corrected chi connectivity index (χ2v) is 13.9. The van der Waals surface area contributed by atoms with Gasteiger partial charge in [0, 0.05) is 34.2 Å². The molecule has 4 nitrogen and oxygen atoms in total. The van der Waals surface area contributed by atoms with E-state index in [1.807, 2.05) is 12.1 Å². The number of anilines is 3. The summed E-state index contributed by atoms with van der Waals surface area (Å²) in [5.74, 6) is 4.22. The topological polar surface area (TPSA) is 34.8 Å². The van der Waals surface area contributed by atoms with Crippen LogP contribution in [0.2, 0.25) is 0 Å². The highest BCUT2D eigenvalue weighted by atomic mass is 16.5. The van der Waals surface area contributed by atoms with E-state index >= 15 is 0 Å². The summed E-state index contributed by atoms with van der Waals surface area (Å²) in [7, 11) is 0. The monoisotopic (exact) mass is 681 g/mol. The van der Waals surface area contributed by atoms with Crippen molar-refractivity contribution < 1.29 is 13.9 Å². The van der Waals surface area contributed by atoms with Crippen molar-refractivity contribution in [1.82, 2.24) is 0 Å². The number of ether oxygens (including phenoxy) is 2. The third kappa shape index (κ3) is 4.85. The van der Waals surface area contributed by atoms with Crippen LogP contribution in [0.15, 0.2) is 168 Å². The molecule has 3 aliphatic rings. The molecule has 250 valence electrons. The van der Waals surface area contributed by atoms with Gasteiger partial charge in [-0.2, -0.15) is 0 Å². The largest absolute Gasteiger partial charge is 0.458 e. The zero-order valence-electron chi connectivity index (χ0n) is 28.8. The Hall–Kier alpha value is -6.72. The van der Waals surface area contributed by atoms with Gasteiger partial charge in [-0.05, 0) is 82.4 Å². The molecule has 0 fully saturated rings. The zero-order valence-corrected chi connectivity index (χ0v) is 28.8. The summed E-state index contributed by atoms with van der Waals surface area (Å²) in [5.41, 5.74) is 12.9. The molecule has 0 amide bonds. The summed E-state index contributed by atoms with van der Waals surface area (Å²) >= 11 is 0. The van der Waals surface area contributed by atoms with Crippen LogP contribution in [-0.2, 0) is 6.42 Å². The summed E-state index contributed by atoms with van der Waals surface area (Å²) in [5, 5.41) is 1.15. The van der Waals surface area contributed by atoms with E-state index in [1.165, 1.54) is 5.56 Å². The van der Waals surface area contributed by atoms with Crippen LogP contribution < -0.4 is 30.8 Å². The molecule has 0 N–H and O–H groups in total. The maximum Gasteiger partial charge on any atom is 0.260 e. The van der Waals surface area contributed by atoms with E-state index in [1.54, 1.807) is 0 Å². The molecule has 53 heavy (non-hydrogen) atoms. The van der Waals surface area contributed by atoms with Crippen molar-refractivity contribution in [3.8, 4) is 45.3 Å². The first-order valence-corrected chi connectivity index (χ1v) is 18.3. The van der Waals surface area contributed by atoms with E-state index in [2.05, 4.69) is 163 Å². The number of benzene rings is 7. The quantitative estimate of drug-likeness (QED) is 0.169. The maximum atomic E-state index is 6.97. The van der Waals surface area contributed by atoms with Gasteiger partial charge in [0.1, 0.15) is 28.8 Å². The number of aryl methyl sites for hydroxylation is 1. The number of rotatable bonds is 5. The highest BCUT2D eigenvalue weighted by Gasteiger charge is 2.41. The van der Waals surface area contributed by atoms with Gasteiger partial charge < -0.3 is 18.8 Å². The fraction of sp³-hybridized carbons (Fsp3) is 0.0417. The lowest BCUT2D eigenvalue weighted by molar-refractivity contribution is 0.465. The first-order chi connectivity index (χ1) is 26.3. The van der Waals surface area contributed by atoms with Crippen LogP contribution in [0.4, 0.5) is 17.1 Å². The Kier molecular flexibility index (Phi) is 6.74. The summed E-state index contributed by atoms with van der Waals surface area (Å²) in [6, 6.07) is 55.5. The average molecular weight is 682 g/mol. The van der Waals surface area contributed by atoms with E-state index < -0.39 is 0 Å². The third-order valence-corrected chi connectivity index (χ3v) is 10.9. The Balaban J connectivity index is 1.13. The van der Waals surface area contributed by atoms with Crippen molar-refractivity contribution in [2.45, 2.75) is 12.8 Å². The maximum absolute atomic E-state index is 6.97.